The van der Waals surface area contributed by atoms with E-state index in [0.29, 0.717) is 16.7 Å². The number of ether oxygens (including phenoxy) is 5. The van der Waals surface area contributed by atoms with Crippen molar-refractivity contribution in [3.05, 3.63) is 63.1 Å². The average molecular weight is 848 g/mol. The van der Waals surface area contributed by atoms with E-state index in [1.54, 1.807) is 65.8 Å². The molecule has 318 valence electrons. The van der Waals surface area contributed by atoms with Gasteiger partial charge in [0.2, 0.25) is 12.6 Å². The third kappa shape index (κ3) is 12.6. The summed E-state index contributed by atoms with van der Waals surface area (Å²) in [5.41, 5.74) is -1.25. The molecule has 0 bridgehead atoms. The molecule has 0 radical (unpaired) electrons. The molecule has 4 rings (SSSR count). The van der Waals surface area contributed by atoms with Crippen molar-refractivity contribution in [2.75, 3.05) is 6.61 Å². The van der Waals surface area contributed by atoms with Gasteiger partial charge in [-0.3, -0.25) is 18.5 Å². The maximum absolute atomic E-state index is 14.3. The Hall–Kier alpha value is -3.87. The largest absolute Gasteiger partial charge is 0.510 e. The van der Waals surface area contributed by atoms with Crippen LogP contribution in [0.1, 0.15) is 87.6 Å². The van der Waals surface area contributed by atoms with Crippen LogP contribution in [-0.4, -0.2) is 69.0 Å². The van der Waals surface area contributed by atoms with Crippen molar-refractivity contribution in [1.82, 2.24) is 14.3 Å². The Kier molecular flexibility index (Phi) is 15.1. The number of aromatic nitrogens is 3. The van der Waals surface area contributed by atoms with Crippen LogP contribution < -0.4 is 11.2 Å². The van der Waals surface area contributed by atoms with Crippen molar-refractivity contribution in [3.8, 4) is 0 Å². The van der Waals surface area contributed by atoms with Crippen LogP contribution in [0.25, 0.3) is 11.0 Å². The van der Waals surface area contributed by atoms with E-state index in [0.717, 1.165) is 4.57 Å². The van der Waals surface area contributed by atoms with E-state index in [4.69, 9.17) is 46.1 Å². The molecule has 0 spiro atoms. The zero-order chi connectivity index (χ0) is 42.5. The van der Waals surface area contributed by atoms with Gasteiger partial charge in [0.05, 0.1) is 31.5 Å². The van der Waals surface area contributed by atoms with Crippen LogP contribution in [0.5, 0.6) is 0 Å². The van der Waals surface area contributed by atoms with Gasteiger partial charge < -0.3 is 33.1 Å². The first-order chi connectivity index (χ1) is 26.5. The molecule has 3 aromatic rings. The number of hydrogen-bond donors (Lipinski definition) is 1. The molecule has 1 saturated heterocycles. The molecular weight excluding hydrogens is 796 g/mol. The number of para-hydroxylation sites is 1. The molecule has 0 saturated carbocycles. The van der Waals surface area contributed by atoms with E-state index in [9.17, 15) is 33.2 Å². The summed E-state index contributed by atoms with van der Waals surface area (Å²) in [6.07, 6.45) is -7.57. The van der Waals surface area contributed by atoms with Crippen molar-refractivity contribution >= 4 is 38.9 Å². The Labute approximate surface area is 328 Å². The van der Waals surface area contributed by atoms with Gasteiger partial charge in [0.1, 0.15) is 11.9 Å². The molecule has 3 heterocycles. The van der Waals surface area contributed by atoms with Crippen molar-refractivity contribution in [1.29, 1.82) is 0 Å². The van der Waals surface area contributed by atoms with Gasteiger partial charge in [-0.2, -0.15) is 4.31 Å². The van der Waals surface area contributed by atoms with Gasteiger partial charge in [-0.25, -0.2) is 32.6 Å². The third-order valence-electron chi connectivity index (χ3n) is 8.29. The van der Waals surface area contributed by atoms with Crippen LogP contribution >= 0.6 is 15.6 Å². The molecule has 57 heavy (non-hydrogen) atoms. The first-order valence-electron chi connectivity index (χ1n) is 18.2. The molecule has 0 aliphatic carbocycles. The fourth-order valence-electron chi connectivity index (χ4n) is 5.35. The second-order valence-corrected chi connectivity index (χ2v) is 18.3. The molecule has 1 fully saturated rings. The maximum Gasteiger partial charge on any atom is 0.510 e. The molecule has 1 N–H and O–H groups in total. The van der Waals surface area contributed by atoms with Crippen LogP contribution in [0, 0.1) is 17.3 Å². The summed E-state index contributed by atoms with van der Waals surface area (Å²) in [6.45, 7) is 14.9. The van der Waals surface area contributed by atoms with Crippen molar-refractivity contribution in [2.24, 2.45) is 17.3 Å². The van der Waals surface area contributed by atoms with Gasteiger partial charge in [-0.05, 0) is 45.2 Å². The molecule has 1 aliphatic heterocycles. The number of hydrogen-bond acceptors (Lipinski definition) is 17. The van der Waals surface area contributed by atoms with Gasteiger partial charge in [0.15, 0.2) is 5.58 Å². The normalized spacial score (nSPS) is 20.1. The fourth-order valence-corrected chi connectivity index (χ4v) is 8.31. The minimum absolute atomic E-state index is 0.184. The Morgan fingerprint density at radius 3 is 2.00 bits per heavy atom. The highest BCUT2D eigenvalue weighted by atomic mass is 31.3. The first-order valence-corrected chi connectivity index (χ1v) is 21.2. The standard InChI is InChI=1S/C35H51N3O17P2/c1-20(2)30(50-33(41)47-22(5)6)53-57(45,54-31(21(3)4)51-34(42)48-23(7)8)55-56(43,44)46-19-27-35(9,10)17-29(49-27)37-16-15-28(39)38(32(37)40)18-25-24-13-11-12-14-26(24)52-36-25/h11-16,20-23,27,29-31H,17-19H2,1-10H3,(H,43,44)/t27-,29-,30?,31?,57?/m1/s1. The summed E-state index contributed by atoms with van der Waals surface area (Å²) in [6, 6.07) is 8.19. The predicted octanol–water partition coefficient (Wildman–Crippen LogP) is 6.88. The van der Waals surface area contributed by atoms with Crippen LogP contribution in [-0.2, 0) is 57.2 Å². The van der Waals surface area contributed by atoms with Gasteiger partial charge >= 0.3 is 33.6 Å². The zero-order valence-electron chi connectivity index (χ0n) is 33.4. The lowest BCUT2D eigenvalue weighted by atomic mass is 9.85. The molecule has 20 nitrogen and oxygen atoms in total. The highest BCUT2D eigenvalue weighted by molar-refractivity contribution is 7.61. The summed E-state index contributed by atoms with van der Waals surface area (Å²) < 4.78 is 83.0. The third-order valence-corrected chi connectivity index (χ3v) is 11.3. The topological polar surface area (TPSA) is 242 Å². The average Bonchev–Trinajstić information content (AvgIpc) is 3.62. The van der Waals surface area contributed by atoms with E-state index in [1.807, 2.05) is 0 Å². The van der Waals surface area contributed by atoms with Crippen molar-refractivity contribution < 1.29 is 69.7 Å². The number of benzene rings is 1. The van der Waals surface area contributed by atoms with E-state index in [1.165, 1.54) is 44.5 Å². The molecule has 22 heteroatoms. The second kappa shape index (κ2) is 18.8. The Balaban J connectivity index is 1.54. The Morgan fingerprint density at radius 1 is 0.895 bits per heavy atom. The van der Waals surface area contributed by atoms with Gasteiger partial charge in [0, 0.05) is 35.9 Å². The summed E-state index contributed by atoms with van der Waals surface area (Å²) >= 11 is 0. The first kappa shape index (κ1) is 45.8. The second-order valence-electron chi connectivity index (χ2n) is 15.1. The fraction of sp³-hybridized carbons (Fsp3) is 0.629. The summed E-state index contributed by atoms with van der Waals surface area (Å²) in [7, 11) is -10.8. The monoisotopic (exact) mass is 847 g/mol. The lowest BCUT2D eigenvalue weighted by molar-refractivity contribution is -0.135. The highest BCUT2D eigenvalue weighted by Crippen LogP contribution is 2.65. The Morgan fingerprint density at radius 2 is 1.46 bits per heavy atom. The van der Waals surface area contributed by atoms with Crippen LogP contribution in [0.2, 0.25) is 0 Å². The number of carbonyl (C=O) groups excluding carboxylic acids is 2. The summed E-state index contributed by atoms with van der Waals surface area (Å²) in [4.78, 5) is 62.1. The zero-order valence-corrected chi connectivity index (χ0v) is 35.2. The van der Waals surface area contributed by atoms with Gasteiger partial charge in [-0.15, -0.1) is 0 Å². The van der Waals surface area contributed by atoms with Crippen LogP contribution in [0.4, 0.5) is 9.59 Å². The molecule has 1 aromatic carbocycles. The smallest absolute Gasteiger partial charge is 0.432 e. The van der Waals surface area contributed by atoms with Gasteiger partial charge in [0.25, 0.3) is 5.56 Å². The highest BCUT2D eigenvalue weighted by Gasteiger charge is 2.48. The maximum atomic E-state index is 14.3. The predicted molar refractivity (Wildman–Crippen MR) is 200 cm³/mol. The number of fused-ring (bicyclic) bond motifs is 1. The van der Waals surface area contributed by atoms with Crippen molar-refractivity contribution in [2.45, 2.75) is 119 Å². The van der Waals surface area contributed by atoms with Crippen LogP contribution in [0.15, 0.2) is 50.6 Å². The number of carbonyl (C=O) groups is 2. The molecule has 0 amide bonds. The minimum atomic E-state index is -5.44. The minimum Gasteiger partial charge on any atom is -0.432 e. The van der Waals surface area contributed by atoms with E-state index in [2.05, 4.69) is 5.16 Å². The van der Waals surface area contributed by atoms with E-state index >= 15 is 0 Å². The molecule has 1 aliphatic rings. The number of nitrogens with zero attached hydrogens (tertiary/aromatic N) is 3. The van der Waals surface area contributed by atoms with E-state index < -0.39 is 100 Å². The number of phosphoric ester groups is 2. The van der Waals surface area contributed by atoms with Crippen LogP contribution in [0.3, 0.4) is 0 Å². The van der Waals surface area contributed by atoms with Crippen molar-refractivity contribution in [3.63, 3.8) is 0 Å². The lowest BCUT2D eigenvalue weighted by Crippen LogP contribution is -2.40. The summed E-state index contributed by atoms with van der Waals surface area (Å²) in [5, 5.41) is 4.65. The molecular formula is C35H51N3O17P2. The molecule has 3 unspecified atom stereocenters. The number of phosphoric acid groups is 2. The quantitative estimate of drug-likeness (QED) is 0.0779. The molecule has 5 atom stereocenters. The van der Waals surface area contributed by atoms with Gasteiger partial charge in [-0.1, -0.05) is 58.8 Å². The lowest BCUT2D eigenvalue weighted by Gasteiger charge is -2.30. The molecule has 2 aromatic heterocycles. The Bertz CT molecular complexity index is 2030. The number of rotatable bonds is 18. The van der Waals surface area contributed by atoms with E-state index in [-0.39, 0.29) is 13.0 Å². The summed E-state index contributed by atoms with van der Waals surface area (Å²) in [5.74, 6) is -1.52. The SMILES string of the molecule is CC(C)OC(=O)OC(OP(=O)(OC(OC(=O)OC(C)C)C(C)C)OP(=O)(O)OC[C@H]1O[C@@H](n2ccc(=O)n(Cc3noc4ccccc34)c2=O)CC1(C)C)C(C)C.